The van der Waals surface area contributed by atoms with Crippen molar-refractivity contribution >= 4 is 44.9 Å². The molecule has 3 rings (SSSR count). The summed E-state index contributed by atoms with van der Waals surface area (Å²) in [6.45, 7) is 4.30. The summed E-state index contributed by atoms with van der Waals surface area (Å²) >= 11 is 2.88. The highest BCUT2D eigenvalue weighted by atomic mass is 32.2. The van der Waals surface area contributed by atoms with Gasteiger partial charge in [-0.05, 0) is 48.2 Å². The van der Waals surface area contributed by atoms with Crippen LogP contribution in [0.25, 0.3) is 10.2 Å². The zero-order valence-electron chi connectivity index (χ0n) is 16.1. The Morgan fingerprint density at radius 1 is 1.21 bits per heavy atom. The van der Waals surface area contributed by atoms with Gasteiger partial charge < -0.3 is 5.32 Å². The summed E-state index contributed by atoms with van der Waals surface area (Å²) in [5.41, 5.74) is 0.470. The Kier molecular flexibility index (Phi) is 6.41. The number of fused-ring (bicyclic) bond motifs is 1. The van der Waals surface area contributed by atoms with Crippen LogP contribution in [0, 0.1) is 5.92 Å². The van der Waals surface area contributed by atoms with Gasteiger partial charge in [0.2, 0.25) is 5.91 Å². The number of carbonyl (C=O) groups is 1. The largest absolute Gasteiger partial charge is 0.332 e. The molecule has 1 N–H and O–H groups in total. The summed E-state index contributed by atoms with van der Waals surface area (Å²) in [6.07, 6.45) is 2.69. The number of benzene rings is 1. The number of anilines is 1. The zero-order valence-corrected chi connectivity index (χ0v) is 17.7. The second kappa shape index (κ2) is 8.79. The standard InChI is InChI=1S/C20H23N3O3S2/c1-13(2)7-9-22-19(25)18-16(8-10-28-18)23(20(22)26)12-17(24)21-14-5-4-6-15(11-14)27-3/h4-6,8,10-11,13H,7,9,12H2,1-3H3,(H,21,24). The van der Waals surface area contributed by atoms with Gasteiger partial charge in [0.15, 0.2) is 0 Å². The van der Waals surface area contributed by atoms with Crippen LogP contribution in [-0.4, -0.2) is 21.3 Å². The number of nitrogens with one attached hydrogen (secondary N) is 1. The van der Waals surface area contributed by atoms with Crippen LogP contribution in [0.4, 0.5) is 5.69 Å². The van der Waals surface area contributed by atoms with E-state index in [1.54, 1.807) is 23.2 Å². The van der Waals surface area contributed by atoms with E-state index < -0.39 is 5.69 Å². The molecule has 3 aromatic rings. The van der Waals surface area contributed by atoms with Crippen molar-refractivity contribution in [2.24, 2.45) is 5.92 Å². The number of aromatic nitrogens is 2. The number of amides is 1. The number of hydrogen-bond donors (Lipinski definition) is 1. The van der Waals surface area contributed by atoms with Crippen molar-refractivity contribution in [3.8, 4) is 0 Å². The molecule has 0 spiro atoms. The molecule has 0 atom stereocenters. The lowest BCUT2D eigenvalue weighted by Gasteiger charge is -2.13. The van der Waals surface area contributed by atoms with Gasteiger partial charge in [0.05, 0.1) is 5.52 Å². The van der Waals surface area contributed by atoms with E-state index in [4.69, 9.17) is 0 Å². The van der Waals surface area contributed by atoms with Crippen LogP contribution in [0.15, 0.2) is 50.2 Å². The van der Waals surface area contributed by atoms with Crippen LogP contribution in [-0.2, 0) is 17.9 Å². The molecule has 0 saturated heterocycles. The Morgan fingerprint density at radius 3 is 2.71 bits per heavy atom. The van der Waals surface area contributed by atoms with Gasteiger partial charge in [-0.2, -0.15) is 0 Å². The van der Waals surface area contributed by atoms with Gasteiger partial charge in [0.1, 0.15) is 11.2 Å². The van der Waals surface area contributed by atoms with Crippen LogP contribution in [0.5, 0.6) is 0 Å². The van der Waals surface area contributed by atoms with Crippen molar-refractivity contribution in [1.29, 1.82) is 0 Å². The maximum atomic E-state index is 12.9. The molecule has 0 aliphatic rings. The molecular weight excluding hydrogens is 394 g/mol. The normalized spacial score (nSPS) is 11.3. The Bertz CT molecular complexity index is 1110. The summed E-state index contributed by atoms with van der Waals surface area (Å²) in [5.74, 6) is 0.0627. The van der Waals surface area contributed by atoms with Gasteiger partial charge in [0, 0.05) is 17.1 Å². The van der Waals surface area contributed by atoms with Crippen LogP contribution < -0.4 is 16.6 Å². The van der Waals surface area contributed by atoms with Gasteiger partial charge in [-0.15, -0.1) is 23.1 Å². The van der Waals surface area contributed by atoms with Crippen LogP contribution >= 0.6 is 23.1 Å². The highest BCUT2D eigenvalue weighted by Crippen LogP contribution is 2.19. The number of nitrogens with zero attached hydrogens (tertiary/aromatic N) is 2. The van der Waals surface area contributed by atoms with Crippen molar-refractivity contribution in [2.75, 3.05) is 11.6 Å². The lowest BCUT2D eigenvalue weighted by atomic mass is 10.1. The highest BCUT2D eigenvalue weighted by molar-refractivity contribution is 7.98. The molecule has 2 aromatic heterocycles. The zero-order chi connectivity index (χ0) is 20.3. The topological polar surface area (TPSA) is 73.1 Å². The molecule has 0 bridgehead atoms. The summed E-state index contributed by atoms with van der Waals surface area (Å²) in [5, 5.41) is 4.61. The van der Waals surface area contributed by atoms with E-state index >= 15 is 0 Å². The molecule has 2 heterocycles. The van der Waals surface area contributed by atoms with Gasteiger partial charge in [-0.1, -0.05) is 19.9 Å². The van der Waals surface area contributed by atoms with Gasteiger partial charge in [-0.3, -0.25) is 18.7 Å². The molecule has 0 fully saturated rings. The van der Waals surface area contributed by atoms with Crippen molar-refractivity contribution in [2.45, 2.75) is 38.3 Å². The summed E-state index contributed by atoms with van der Waals surface area (Å²) < 4.78 is 3.14. The molecule has 1 aromatic carbocycles. The van der Waals surface area contributed by atoms with Crippen molar-refractivity contribution in [3.05, 3.63) is 56.5 Å². The number of thiophene rings is 1. The third-order valence-electron chi connectivity index (χ3n) is 4.42. The number of thioether (sulfide) groups is 1. The van der Waals surface area contributed by atoms with E-state index in [9.17, 15) is 14.4 Å². The van der Waals surface area contributed by atoms with E-state index in [0.717, 1.165) is 11.3 Å². The summed E-state index contributed by atoms with van der Waals surface area (Å²) in [7, 11) is 0. The average Bonchev–Trinajstić information content (AvgIpc) is 3.15. The quantitative estimate of drug-likeness (QED) is 0.596. The fraction of sp³-hybridized carbons (Fsp3) is 0.350. The molecule has 0 saturated carbocycles. The first kappa shape index (κ1) is 20.4. The van der Waals surface area contributed by atoms with Crippen LogP contribution in [0.1, 0.15) is 20.3 Å². The molecule has 0 radical (unpaired) electrons. The summed E-state index contributed by atoms with van der Waals surface area (Å²) in [4.78, 5) is 39.3. The van der Waals surface area contributed by atoms with Gasteiger partial charge in [-0.25, -0.2) is 4.79 Å². The second-order valence-corrected chi connectivity index (χ2v) is 8.72. The van der Waals surface area contributed by atoms with Crippen LogP contribution in [0.2, 0.25) is 0 Å². The van der Waals surface area contributed by atoms with Gasteiger partial charge >= 0.3 is 5.69 Å². The molecular formula is C20H23N3O3S2. The fourth-order valence-electron chi connectivity index (χ4n) is 2.92. The van der Waals surface area contributed by atoms with Gasteiger partial charge in [0.25, 0.3) is 5.56 Å². The van der Waals surface area contributed by atoms with E-state index in [2.05, 4.69) is 5.32 Å². The van der Waals surface area contributed by atoms with Crippen LogP contribution in [0.3, 0.4) is 0 Å². The van der Waals surface area contributed by atoms with Crippen molar-refractivity contribution in [3.63, 3.8) is 0 Å². The minimum absolute atomic E-state index is 0.141. The van der Waals surface area contributed by atoms with E-state index in [-0.39, 0.29) is 18.0 Å². The third kappa shape index (κ3) is 4.39. The third-order valence-corrected chi connectivity index (χ3v) is 6.04. The minimum Gasteiger partial charge on any atom is -0.324 e. The molecule has 0 aliphatic carbocycles. The van der Waals surface area contributed by atoms with E-state index in [1.165, 1.54) is 20.5 Å². The monoisotopic (exact) mass is 417 g/mol. The SMILES string of the molecule is CSc1cccc(NC(=O)Cn2c(=O)n(CCC(C)C)c(=O)c3sccc32)c1. The Hall–Kier alpha value is -2.32. The van der Waals surface area contributed by atoms with E-state index in [0.29, 0.717) is 28.4 Å². The molecule has 1 amide bonds. The maximum absolute atomic E-state index is 12.9. The fourth-order valence-corrected chi connectivity index (χ4v) is 4.22. The molecule has 8 heteroatoms. The number of carbonyl (C=O) groups excluding carboxylic acids is 1. The average molecular weight is 418 g/mol. The second-order valence-electron chi connectivity index (χ2n) is 6.92. The number of hydrogen-bond acceptors (Lipinski definition) is 5. The summed E-state index contributed by atoms with van der Waals surface area (Å²) in [6, 6.07) is 9.25. The predicted molar refractivity (Wildman–Crippen MR) is 117 cm³/mol. The molecule has 6 nitrogen and oxygen atoms in total. The first-order valence-corrected chi connectivity index (χ1v) is 11.2. The molecule has 0 unspecified atom stereocenters. The lowest BCUT2D eigenvalue weighted by Crippen LogP contribution is -2.41. The molecule has 148 valence electrons. The highest BCUT2D eigenvalue weighted by Gasteiger charge is 2.16. The Labute approximate surface area is 171 Å². The Morgan fingerprint density at radius 2 is 2.00 bits per heavy atom. The predicted octanol–water partition coefficient (Wildman–Crippen LogP) is 3.63. The first-order valence-electron chi connectivity index (χ1n) is 9.05. The van der Waals surface area contributed by atoms with Crippen molar-refractivity contribution < 1.29 is 4.79 Å². The van der Waals surface area contributed by atoms with Crippen molar-refractivity contribution in [1.82, 2.24) is 9.13 Å². The smallest absolute Gasteiger partial charge is 0.324 e. The lowest BCUT2D eigenvalue weighted by molar-refractivity contribution is -0.116. The Balaban J connectivity index is 1.93. The minimum atomic E-state index is -0.440. The first-order chi connectivity index (χ1) is 13.4. The molecule has 28 heavy (non-hydrogen) atoms. The van der Waals surface area contributed by atoms with E-state index in [1.807, 2.05) is 44.4 Å². The maximum Gasteiger partial charge on any atom is 0.332 e. The number of rotatable bonds is 7. The molecule has 0 aliphatic heterocycles.